The third-order valence-corrected chi connectivity index (χ3v) is 7.39. The number of nitrogens with zero attached hydrogens (tertiary/aromatic N) is 1. The highest BCUT2D eigenvalue weighted by atomic mass is 32.2. The number of amides is 1. The lowest BCUT2D eigenvalue weighted by molar-refractivity contribution is 0.0680. The summed E-state index contributed by atoms with van der Waals surface area (Å²) >= 11 is 0. The van der Waals surface area contributed by atoms with E-state index in [1.165, 1.54) is 10.4 Å². The van der Waals surface area contributed by atoms with Crippen LogP contribution in [0.5, 0.6) is 5.75 Å². The molecule has 168 valence electrons. The molecule has 0 aliphatic carbocycles. The Morgan fingerprint density at radius 3 is 2.65 bits per heavy atom. The maximum atomic E-state index is 12.9. The lowest BCUT2D eigenvalue weighted by Crippen LogP contribution is -2.30. The Bertz CT molecular complexity index is 1010. The van der Waals surface area contributed by atoms with E-state index in [-0.39, 0.29) is 16.9 Å². The van der Waals surface area contributed by atoms with Gasteiger partial charge < -0.3 is 14.8 Å². The predicted molar refractivity (Wildman–Crippen MR) is 120 cm³/mol. The molecule has 1 saturated heterocycles. The van der Waals surface area contributed by atoms with Gasteiger partial charge in [-0.15, -0.1) is 0 Å². The third-order valence-electron chi connectivity index (χ3n) is 5.35. The van der Waals surface area contributed by atoms with E-state index < -0.39 is 10.0 Å². The largest absolute Gasteiger partial charge is 0.491 e. The van der Waals surface area contributed by atoms with Gasteiger partial charge in [0.2, 0.25) is 10.0 Å². The predicted octanol–water partition coefficient (Wildman–Crippen LogP) is 3.84. The normalized spacial score (nSPS) is 16.5. The first-order valence-electron chi connectivity index (χ1n) is 10.6. The zero-order chi connectivity index (χ0) is 22.4. The molecule has 0 bridgehead atoms. The first-order valence-corrected chi connectivity index (χ1v) is 12.1. The fourth-order valence-corrected chi connectivity index (χ4v) is 5.03. The Morgan fingerprint density at radius 1 is 1.19 bits per heavy atom. The van der Waals surface area contributed by atoms with E-state index in [9.17, 15) is 13.2 Å². The number of benzene rings is 2. The van der Waals surface area contributed by atoms with Gasteiger partial charge in [-0.2, -0.15) is 4.31 Å². The molecular formula is C23H30N2O5S. The number of ether oxygens (including phenoxy) is 2. The molecule has 0 saturated carbocycles. The van der Waals surface area contributed by atoms with Gasteiger partial charge in [0.25, 0.3) is 5.91 Å². The van der Waals surface area contributed by atoms with Crippen LogP contribution in [0.2, 0.25) is 0 Å². The molecule has 1 atom stereocenters. The summed E-state index contributed by atoms with van der Waals surface area (Å²) in [5, 5.41) is 2.84. The minimum Gasteiger partial charge on any atom is -0.491 e. The van der Waals surface area contributed by atoms with Gasteiger partial charge in [-0.25, -0.2) is 8.42 Å². The van der Waals surface area contributed by atoms with Crippen molar-refractivity contribution < 1.29 is 22.7 Å². The summed E-state index contributed by atoms with van der Waals surface area (Å²) in [7, 11) is -3.65. The van der Waals surface area contributed by atoms with Gasteiger partial charge in [-0.3, -0.25) is 4.79 Å². The minimum absolute atomic E-state index is 0.108. The Labute approximate surface area is 184 Å². The number of sulfonamides is 1. The molecule has 1 unspecified atom stereocenters. The lowest BCUT2D eigenvalue weighted by Gasteiger charge is -2.19. The van der Waals surface area contributed by atoms with Crippen LogP contribution in [0.15, 0.2) is 47.4 Å². The fourth-order valence-electron chi connectivity index (χ4n) is 3.55. The van der Waals surface area contributed by atoms with Crippen LogP contribution in [-0.4, -0.2) is 51.0 Å². The third kappa shape index (κ3) is 5.64. The molecule has 1 heterocycles. The average molecular weight is 447 g/mol. The molecule has 8 heteroatoms. The van der Waals surface area contributed by atoms with E-state index in [4.69, 9.17) is 9.47 Å². The van der Waals surface area contributed by atoms with Crippen molar-refractivity contribution in [2.45, 2.75) is 44.6 Å². The number of hydrogen-bond donors (Lipinski definition) is 1. The van der Waals surface area contributed by atoms with E-state index in [1.807, 2.05) is 6.07 Å². The lowest BCUT2D eigenvalue weighted by atomic mass is 10.1. The molecule has 2 aromatic carbocycles. The number of rotatable bonds is 9. The molecule has 0 radical (unpaired) electrons. The number of anilines is 1. The fraction of sp³-hybridized carbons (Fsp3) is 0.435. The van der Waals surface area contributed by atoms with Crippen LogP contribution in [0, 0.1) is 6.92 Å². The van der Waals surface area contributed by atoms with Crippen molar-refractivity contribution in [3.05, 3.63) is 53.6 Å². The topological polar surface area (TPSA) is 84.9 Å². The number of aryl methyl sites for hydroxylation is 1. The summed E-state index contributed by atoms with van der Waals surface area (Å²) in [6.07, 6.45) is 2.14. The molecule has 1 fully saturated rings. The van der Waals surface area contributed by atoms with Crippen molar-refractivity contribution >= 4 is 21.6 Å². The molecule has 7 nitrogen and oxygen atoms in total. The number of carbonyl (C=O) groups is 1. The molecule has 0 aromatic heterocycles. The van der Waals surface area contributed by atoms with Gasteiger partial charge in [-0.1, -0.05) is 26.0 Å². The van der Waals surface area contributed by atoms with Gasteiger partial charge in [0.05, 0.1) is 11.0 Å². The number of carbonyl (C=O) groups excluding carboxylic acids is 1. The maximum Gasteiger partial charge on any atom is 0.255 e. The van der Waals surface area contributed by atoms with Crippen LogP contribution in [-0.2, 0) is 14.8 Å². The summed E-state index contributed by atoms with van der Waals surface area (Å²) in [6.45, 7) is 7.34. The summed E-state index contributed by atoms with van der Waals surface area (Å²) in [5.74, 6) is 0.272. The van der Waals surface area contributed by atoms with Crippen molar-refractivity contribution in [2.24, 2.45) is 0 Å². The van der Waals surface area contributed by atoms with Crippen molar-refractivity contribution in [2.75, 3.05) is 31.6 Å². The summed E-state index contributed by atoms with van der Waals surface area (Å²) < 4.78 is 38.4. The Hall–Kier alpha value is -2.42. The van der Waals surface area contributed by atoms with Crippen LogP contribution in [0.25, 0.3) is 0 Å². The summed E-state index contributed by atoms with van der Waals surface area (Å²) in [6, 6.07) is 11.8. The van der Waals surface area contributed by atoms with E-state index in [0.29, 0.717) is 42.3 Å². The summed E-state index contributed by atoms with van der Waals surface area (Å²) in [5.41, 5.74) is 1.59. The second kappa shape index (κ2) is 10.3. The maximum absolute atomic E-state index is 12.9. The number of hydrogen-bond acceptors (Lipinski definition) is 5. The van der Waals surface area contributed by atoms with E-state index in [1.54, 1.807) is 51.1 Å². The smallest absolute Gasteiger partial charge is 0.255 e. The molecule has 1 aliphatic heterocycles. The number of nitrogens with one attached hydrogen (secondary N) is 1. The Morgan fingerprint density at radius 2 is 1.97 bits per heavy atom. The highest BCUT2D eigenvalue weighted by molar-refractivity contribution is 7.89. The van der Waals surface area contributed by atoms with Crippen LogP contribution >= 0.6 is 0 Å². The molecular weight excluding hydrogens is 416 g/mol. The Kier molecular flexibility index (Phi) is 7.69. The van der Waals surface area contributed by atoms with Gasteiger partial charge in [-0.05, 0) is 49.6 Å². The zero-order valence-corrected chi connectivity index (χ0v) is 19.1. The first-order chi connectivity index (χ1) is 14.8. The zero-order valence-electron chi connectivity index (χ0n) is 18.3. The molecule has 3 rings (SSSR count). The second-order valence-electron chi connectivity index (χ2n) is 7.49. The van der Waals surface area contributed by atoms with Gasteiger partial charge >= 0.3 is 0 Å². The van der Waals surface area contributed by atoms with Crippen LogP contribution in [0.3, 0.4) is 0 Å². The molecule has 2 aromatic rings. The molecule has 1 amide bonds. The van der Waals surface area contributed by atoms with Gasteiger partial charge in [0.15, 0.2) is 0 Å². The average Bonchev–Trinajstić information content (AvgIpc) is 3.27. The van der Waals surface area contributed by atoms with Crippen molar-refractivity contribution in [3.8, 4) is 5.75 Å². The monoisotopic (exact) mass is 446 g/mol. The highest BCUT2D eigenvalue weighted by Gasteiger charge is 2.23. The van der Waals surface area contributed by atoms with Crippen LogP contribution < -0.4 is 10.1 Å². The minimum atomic E-state index is -3.65. The van der Waals surface area contributed by atoms with E-state index >= 15 is 0 Å². The first kappa shape index (κ1) is 23.2. The molecule has 31 heavy (non-hydrogen) atoms. The molecule has 1 N–H and O–H groups in total. The standard InChI is InChI=1S/C23H30N2O5S/c1-4-25(5-2)31(27,28)21-12-11-17(3)22(15-21)23(26)24-18-8-6-9-19(14-18)30-16-20-10-7-13-29-20/h6,8-9,11-12,14-15,20H,4-5,7,10,13,16H2,1-3H3,(H,24,26). The molecule has 1 aliphatic rings. The van der Waals surface area contributed by atoms with Gasteiger partial charge in [0, 0.05) is 37.0 Å². The quantitative estimate of drug-likeness (QED) is 0.633. The van der Waals surface area contributed by atoms with Crippen LogP contribution in [0.1, 0.15) is 42.6 Å². The molecule has 0 spiro atoms. The van der Waals surface area contributed by atoms with Crippen LogP contribution in [0.4, 0.5) is 5.69 Å². The van der Waals surface area contributed by atoms with E-state index in [2.05, 4.69) is 5.32 Å². The van der Waals surface area contributed by atoms with Crippen molar-refractivity contribution in [3.63, 3.8) is 0 Å². The SMILES string of the molecule is CCN(CC)S(=O)(=O)c1ccc(C)c(C(=O)Nc2cccc(OCC3CCCO3)c2)c1. The van der Waals surface area contributed by atoms with E-state index in [0.717, 1.165) is 19.4 Å². The van der Waals surface area contributed by atoms with Crippen molar-refractivity contribution in [1.29, 1.82) is 0 Å². The van der Waals surface area contributed by atoms with Crippen molar-refractivity contribution in [1.82, 2.24) is 4.31 Å². The second-order valence-corrected chi connectivity index (χ2v) is 9.43. The van der Waals surface area contributed by atoms with Gasteiger partial charge in [0.1, 0.15) is 12.4 Å². The summed E-state index contributed by atoms with van der Waals surface area (Å²) in [4.78, 5) is 13.0. The Balaban J connectivity index is 1.75. The highest BCUT2D eigenvalue weighted by Crippen LogP contribution is 2.23.